The van der Waals surface area contributed by atoms with E-state index in [1.54, 1.807) is 0 Å². The first kappa shape index (κ1) is 92.1. The van der Waals surface area contributed by atoms with Crippen LogP contribution in [0.1, 0.15) is 376 Å². The Balaban J connectivity index is 5.17. The minimum atomic E-state index is -4.96. The van der Waals surface area contributed by atoms with Gasteiger partial charge in [-0.15, -0.1) is 0 Å². The van der Waals surface area contributed by atoms with E-state index in [2.05, 4.69) is 55.4 Å². The predicted octanol–water partition coefficient (Wildman–Crippen LogP) is 21.7. The summed E-state index contributed by atoms with van der Waals surface area (Å²) in [7, 11) is -9.91. The Bertz CT molecular complexity index is 1850. The van der Waals surface area contributed by atoms with Gasteiger partial charge < -0.3 is 33.8 Å². The summed E-state index contributed by atoms with van der Waals surface area (Å²) >= 11 is 0. The molecule has 0 aliphatic carbocycles. The van der Waals surface area contributed by atoms with Crippen LogP contribution in [-0.4, -0.2) is 96.7 Å². The predicted molar refractivity (Wildman–Crippen MR) is 381 cm³/mol. The zero-order valence-electron chi connectivity index (χ0n) is 61.6. The number of carbonyl (C=O) groups is 4. The molecule has 0 heterocycles. The van der Waals surface area contributed by atoms with E-state index < -0.39 is 97.5 Å². The van der Waals surface area contributed by atoms with Crippen molar-refractivity contribution >= 4 is 39.5 Å². The fourth-order valence-electron chi connectivity index (χ4n) is 11.3. The fourth-order valence-corrected chi connectivity index (χ4v) is 12.9. The van der Waals surface area contributed by atoms with Gasteiger partial charge in [-0.1, -0.05) is 325 Å². The van der Waals surface area contributed by atoms with Crippen LogP contribution in [-0.2, 0) is 65.4 Å². The normalized spacial score (nSPS) is 14.4. The summed E-state index contributed by atoms with van der Waals surface area (Å²) in [5.74, 6) is 0.875. The molecule has 4 unspecified atom stereocenters. The minimum absolute atomic E-state index is 0.101. The molecule has 0 fully saturated rings. The smallest absolute Gasteiger partial charge is 0.462 e. The lowest BCUT2D eigenvalue weighted by Gasteiger charge is -2.21. The van der Waals surface area contributed by atoms with Crippen LogP contribution in [0.15, 0.2) is 0 Å². The number of hydrogen-bond donors (Lipinski definition) is 3. The number of ether oxygens (including phenoxy) is 4. The molecule has 0 aliphatic rings. The monoisotopic (exact) mass is 1380 g/mol. The van der Waals surface area contributed by atoms with Crippen LogP contribution in [0.5, 0.6) is 0 Å². The first-order valence-corrected chi connectivity index (χ1v) is 41.7. The highest BCUT2D eigenvalue weighted by Gasteiger charge is 2.30. The van der Waals surface area contributed by atoms with Gasteiger partial charge in [0.2, 0.25) is 0 Å². The molecular formula is C75H146O17P2. The van der Waals surface area contributed by atoms with Crippen molar-refractivity contribution < 1.29 is 80.2 Å². The summed E-state index contributed by atoms with van der Waals surface area (Å²) in [6.07, 6.45) is 49.0. The number of phosphoric ester groups is 2. The molecular weight excluding hydrogens is 1230 g/mol. The van der Waals surface area contributed by atoms with E-state index in [9.17, 15) is 43.2 Å². The van der Waals surface area contributed by atoms with E-state index in [1.165, 1.54) is 173 Å². The Morgan fingerprint density at radius 1 is 0.298 bits per heavy atom. The molecule has 0 saturated carbocycles. The molecule has 0 saturated heterocycles. The summed E-state index contributed by atoms with van der Waals surface area (Å²) in [5.41, 5.74) is 0. The lowest BCUT2D eigenvalue weighted by atomic mass is 9.99. The van der Waals surface area contributed by atoms with Crippen LogP contribution >= 0.6 is 15.6 Å². The summed E-state index contributed by atoms with van der Waals surface area (Å²) in [6, 6.07) is 0. The molecule has 19 heteroatoms. The van der Waals surface area contributed by atoms with Gasteiger partial charge >= 0.3 is 39.5 Å². The quantitative estimate of drug-likeness (QED) is 0.0222. The standard InChI is InChI=1S/C75H146O17P2/c1-9-68(8)54-46-38-29-23-18-16-14-12-10-11-13-15-17-19-25-31-41-49-57-74(79)91-70(61-85-72(77)55-47-39-30-24-21-20-22-27-35-43-51-65(2)3)63-89-93(81,82)87-59-69(76)60-88-94(83,84)90-64-71(92-75(80)58-50-42-34-33-37-45-53-67(6)7)62-86-73(78)56-48-40-32-26-28-36-44-52-66(4)5/h65-71,76H,9-64H2,1-8H3,(H,81,82)(H,83,84)/t68?,69?,70-,71-/m1/s1. The van der Waals surface area contributed by atoms with Crippen LogP contribution in [0.4, 0.5) is 0 Å². The molecule has 3 N–H and O–H groups in total. The van der Waals surface area contributed by atoms with Gasteiger partial charge in [0, 0.05) is 25.7 Å². The summed E-state index contributed by atoms with van der Waals surface area (Å²) in [6.45, 7) is 14.1. The van der Waals surface area contributed by atoms with Gasteiger partial charge in [0.1, 0.15) is 19.3 Å². The van der Waals surface area contributed by atoms with Crippen molar-refractivity contribution in [1.82, 2.24) is 0 Å². The Kier molecular flexibility index (Phi) is 63.1. The Labute approximate surface area is 575 Å². The molecule has 0 amide bonds. The fraction of sp³-hybridized carbons (Fsp3) is 0.947. The van der Waals surface area contributed by atoms with E-state index in [0.29, 0.717) is 37.5 Å². The number of aliphatic hydroxyl groups is 1. The lowest BCUT2D eigenvalue weighted by Crippen LogP contribution is -2.30. The first-order valence-electron chi connectivity index (χ1n) is 38.7. The third kappa shape index (κ3) is 67.3. The summed E-state index contributed by atoms with van der Waals surface area (Å²) in [5, 5.41) is 10.6. The zero-order chi connectivity index (χ0) is 69.6. The first-order chi connectivity index (χ1) is 45.1. The van der Waals surface area contributed by atoms with Crippen molar-refractivity contribution in [1.29, 1.82) is 0 Å². The number of hydrogen-bond acceptors (Lipinski definition) is 15. The maximum atomic E-state index is 13.1. The molecule has 0 aromatic carbocycles. The molecule has 0 aromatic rings. The molecule has 0 aromatic heterocycles. The van der Waals surface area contributed by atoms with Gasteiger partial charge in [-0.25, -0.2) is 9.13 Å². The van der Waals surface area contributed by atoms with Crippen molar-refractivity contribution in [3.05, 3.63) is 0 Å². The van der Waals surface area contributed by atoms with Crippen LogP contribution < -0.4 is 0 Å². The number of unbranched alkanes of at least 4 members (excludes halogenated alkanes) is 37. The second-order valence-corrected chi connectivity index (χ2v) is 31.6. The SMILES string of the molecule is CCC(C)CCCCCCCCCCCCCCCCCCCCC(=O)O[C@H](COC(=O)CCCCCCCCCCCCC(C)C)COP(=O)(O)OCC(O)COP(=O)(O)OC[C@@H](COC(=O)CCCCCCCCCC(C)C)OC(=O)CCCCCCCCC(C)C. The minimum Gasteiger partial charge on any atom is -0.462 e. The Morgan fingerprint density at radius 3 is 0.755 bits per heavy atom. The zero-order valence-corrected chi connectivity index (χ0v) is 63.4. The number of aliphatic hydroxyl groups excluding tert-OH is 1. The number of phosphoric acid groups is 2. The largest absolute Gasteiger partial charge is 0.472 e. The van der Waals surface area contributed by atoms with Crippen LogP contribution in [0.2, 0.25) is 0 Å². The molecule has 94 heavy (non-hydrogen) atoms. The van der Waals surface area contributed by atoms with Gasteiger partial charge in [-0.3, -0.25) is 37.3 Å². The number of rotatable bonds is 72. The van der Waals surface area contributed by atoms with Crippen molar-refractivity contribution in [2.75, 3.05) is 39.6 Å². The van der Waals surface area contributed by atoms with Crippen molar-refractivity contribution in [3.8, 4) is 0 Å². The molecule has 0 radical (unpaired) electrons. The Hall–Kier alpha value is -1.94. The number of esters is 4. The van der Waals surface area contributed by atoms with Gasteiger partial charge in [0.15, 0.2) is 12.2 Å². The summed E-state index contributed by atoms with van der Waals surface area (Å²) < 4.78 is 68.4. The average Bonchev–Trinajstić information content (AvgIpc) is 1.34. The third-order valence-corrected chi connectivity index (χ3v) is 19.6. The van der Waals surface area contributed by atoms with E-state index >= 15 is 0 Å². The highest BCUT2D eigenvalue weighted by molar-refractivity contribution is 7.47. The van der Waals surface area contributed by atoms with Crippen LogP contribution in [0.25, 0.3) is 0 Å². The molecule has 0 aliphatic heterocycles. The lowest BCUT2D eigenvalue weighted by molar-refractivity contribution is -0.161. The van der Waals surface area contributed by atoms with E-state index in [1.807, 2.05) is 0 Å². The van der Waals surface area contributed by atoms with Crippen LogP contribution in [0.3, 0.4) is 0 Å². The average molecular weight is 1380 g/mol. The van der Waals surface area contributed by atoms with Crippen molar-refractivity contribution in [2.45, 2.75) is 395 Å². The van der Waals surface area contributed by atoms with E-state index in [0.717, 1.165) is 108 Å². The van der Waals surface area contributed by atoms with Gasteiger partial charge in [-0.2, -0.15) is 0 Å². The van der Waals surface area contributed by atoms with Gasteiger partial charge in [-0.05, 0) is 49.4 Å². The van der Waals surface area contributed by atoms with Gasteiger partial charge in [0.25, 0.3) is 0 Å². The molecule has 0 spiro atoms. The molecule has 0 rings (SSSR count). The second kappa shape index (κ2) is 64.4. The highest BCUT2D eigenvalue weighted by atomic mass is 31.2. The maximum Gasteiger partial charge on any atom is 0.472 e. The molecule has 0 bridgehead atoms. The maximum absolute atomic E-state index is 13.1. The van der Waals surface area contributed by atoms with Crippen molar-refractivity contribution in [2.24, 2.45) is 23.7 Å². The summed E-state index contributed by atoms with van der Waals surface area (Å²) in [4.78, 5) is 72.6. The van der Waals surface area contributed by atoms with E-state index in [4.69, 9.17) is 37.0 Å². The third-order valence-electron chi connectivity index (χ3n) is 17.7. The molecule has 558 valence electrons. The van der Waals surface area contributed by atoms with Crippen LogP contribution in [0, 0.1) is 23.7 Å². The van der Waals surface area contributed by atoms with Gasteiger partial charge in [0.05, 0.1) is 26.4 Å². The number of carbonyl (C=O) groups excluding carboxylic acids is 4. The van der Waals surface area contributed by atoms with Crippen molar-refractivity contribution in [3.63, 3.8) is 0 Å². The highest BCUT2D eigenvalue weighted by Crippen LogP contribution is 2.45. The Morgan fingerprint density at radius 2 is 0.511 bits per heavy atom. The molecule has 17 nitrogen and oxygen atoms in total. The second-order valence-electron chi connectivity index (χ2n) is 28.7. The topological polar surface area (TPSA) is 237 Å². The van der Waals surface area contributed by atoms with E-state index in [-0.39, 0.29) is 25.7 Å². The molecule has 6 atom stereocenters.